The van der Waals surface area contributed by atoms with Gasteiger partial charge in [-0.25, -0.2) is 9.97 Å². The van der Waals surface area contributed by atoms with Crippen molar-refractivity contribution in [2.75, 3.05) is 0 Å². The third-order valence-corrected chi connectivity index (χ3v) is 6.28. The minimum Gasteiger partial charge on any atom is -0.322 e. The molecule has 0 saturated carbocycles. The molecular weight excluding hydrogens is 338 g/mol. The summed E-state index contributed by atoms with van der Waals surface area (Å²) in [4.78, 5) is 25.9. The highest BCUT2D eigenvalue weighted by Crippen LogP contribution is 2.35. The Hall–Kier alpha value is -2.18. The third kappa shape index (κ3) is 2.61. The maximum atomic E-state index is 11.9. The number of pyridine rings is 1. The Morgan fingerprint density at radius 1 is 1.21 bits per heavy atom. The second kappa shape index (κ2) is 6.03. The summed E-state index contributed by atoms with van der Waals surface area (Å²) in [5.74, 6) is 0.699. The van der Waals surface area contributed by atoms with E-state index in [-0.39, 0.29) is 5.56 Å². The number of rotatable bonds is 3. The number of nitrogens with zero attached hydrogens (tertiary/aromatic N) is 2. The summed E-state index contributed by atoms with van der Waals surface area (Å²) in [5, 5.41) is 3.19. The van der Waals surface area contributed by atoms with Gasteiger partial charge in [0.1, 0.15) is 16.2 Å². The summed E-state index contributed by atoms with van der Waals surface area (Å²) in [6, 6.07) is 9.57. The molecule has 4 aromatic rings. The number of benzene rings is 1. The summed E-state index contributed by atoms with van der Waals surface area (Å²) >= 11 is 3.36. The highest BCUT2D eigenvalue weighted by atomic mass is 32.2. The quantitative estimate of drug-likeness (QED) is 0.437. The zero-order valence-electron chi connectivity index (χ0n) is 13.3. The van der Waals surface area contributed by atoms with Gasteiger partial charge in [-0.2, -0.15) is 0 Å². The topological polar surface area (TPSA) is 58.6 Å². The Morgan fingerprint density at radius 2 is 2.04 bits per heavy atom. The zero-order valence-corrected chi connectivity index (χ0v) is 14.9. The molecule has 1 N–H and O–H groups in total. The Morgan fingerprint density at radius 3 is 2.92 bits per heavy atom. The molecule has 0 aliphatic carbocycles. The van der Waals surface area contributed by atoms with Gasteiger partial charge < -0.3 is 4.98 Å². The molecule has 0 aliphatic heterocycles. The lowest BCUT2D eigenvalue weighted by Crippen LogP contribution is -2.06. The van der Waals surface area contributed by atoms with Crippen LogP contribution in [0.4, 0.5) is 0 Å². The molecular formula is C18H15N3OS2. The molecule has 0 fully saturated rings. The number of para-hydroxylation sites is 1. The summed E-state index contributed by atoms with van der Waals surface area (Å²) in [6.45, 7) is 4.23. The molecule has 0 saturated heterocycles. The van der Waals surface area contributed by atoms with Crippen LogP contribution < -0.4 is 5.56 Å². The number of thioether (sulfide) groups is 1. The molecule has 0 radical (unpaired) electrons. The Labute approximate surface area is 147 Å². The van der Waals surface area contributed by atoms with Crippen LogP contribution in [0.2, 0.25) is 0 Å². The Bertz CT molecular complexity index is 1110. The molecule has 6 heteroatoms. The summed E-state index contributed by atoms with van der Waals surface area (Å²) in [5.41, 5.74) is 3.07. The van der Waals surface area contributed by atoms with Gasteiger partial charge in [-0.05, 0) is 31.0 Å². The average molecular weight is 353 g/mol. The first-order valence-corrected chi connectivity index (χ1v) is 9.38. The van der Waals surface area contributed by atoms with Gasteiger partial charge in [-0.1, -0.05) is 18.2 Å². The van der Waals surface area contributed by atoms with E-state index in [9.17, 15) is 4.79 Å². The Balaban J connectivity index is 1.75. The highest BCUT2D eigenvalue weighted by Gasteiger charge is 2.13. The van der Waals surface area contributed by atoms with Crippen LogP contribution in [0.1, 0.15) is 16.0 Å². The second-order valence-electron chi connectivity index (χ2n) is 5.64. The van der Waals surface area contributed by atoms with E-state index in [0.29, 0.717) is 5.75 Å². The van der Waals surface area contributed by atoms with Gasteiger partial charge in [0.15, 0.2) is 0 Å². The van der Waals surface area contributed by atoms with Gasteiger partial charge >= 0.3 is 0 Å². The maximum absolute atomic E-state index is 11.9. The molecule has 4 nitrogen and oxygen atoms in total. The predicted octanol–water partition coefficient (Wildman–Crippen LogP) is 4.44. The number of aromatic amines is 1. The van der Waals surface area contributed by atoms with Gasteiger partial charge in [0.2, 0.25) is 5.56 Å². The summed E-state index contributed by atoms with van der Waals surface area (Å²) in [6.07, 6.45) is 1.62. The van der Waals surface area contributed by atoms with Crippen LogP contribution in [0.15, 0.2) is 46.5 Å². The first-order chi connectivity index (χ1) is 11.6. The first kappa shape index (κ1) is 15.4. The standard InChI is InChI=1S/C18H15N3OS2/c1-10-11(2)24-18-16(10)17(19-9-20-18)23-8-12-7-15(22)21-14-6-4-3-5-13(12)14/h3-7,9H,8H2,1-2H3,(H,21,22). The number of hydrogen-bond acceptors (Lipinski definition) is 5. The van der Waals surface area contributed by atoms with Gasteiger partial charge in [-0.15, -0.1) is 23.1 Å². The van der Waals surface area contributed by atoms with Crippen LogP contribution in [-0.2, 0) is 5.75 Å². The molecule has 1 aromatic carbocycles. The molecule has 3 aromatic heterocycles. The lowest BCUT2D eigenvalue weighted by molar-refractivity contribution is 1.10. The number of aromatic nitrogens is 3. The van der Waals surface area contributed by atoms with Crippen LogP contribution in [0.25, 0.3) is 21.1 Å². The van der Waals surface area contributed by atoms with Crippen LogP contribution >= 0.6 is 23.1 Å². The van der Waals surface area contributed by atoms with E-state index in [1.165, 1.54) is 10.4 Å². The minimum atomic E-state index is -0.0697. The van der Waals surface area contributed by atoms with Crippen molar-refractivity contribution in [2.45, 2.75) is 24.6 Å². The van der Waals surface area contributed by atoms with Crippen molar-refractivity contribution < 1.29 is 0 Å². The van der Waals surface area contributed by atoms with E-state index < -0.39 is 0 Å². The molecule has 120 valence electrons. The smallest absolute Gasteiger partial charge is 0.248 e. The van der Waals surface area contributed by atoms with Crippen LogP contribution in [0.5, 0.6) is 0 Å². The van der Waals surface area contributed by atoms with Crippen molar-refractivity contribution in [3.05, 3.63) is 63.0 Å². The zero-order chi connectivity index (χ0) is 16.7. The van der Waals surface area contributed by atoms with Gasteiger partial charge in [0, 0.05) is 33.0 Å². The third-order valence-electron chi connectivity index (χ3n) is 4.13. The first-order valence-electron chi connectivity index (χ1n) is 7.58. The fraction of sp³-hybridized carbons (Fsp3) is 0.167. The van der Waals surface area contributed by atoms with Crippen molar-refractivity contribution in [3.63, 3.8) is 0 Å². The second-order valence-corrected chi connectivity index (χ2v) is 7.80. The number of aryl methyl sites for hydroxylation is 2. The molecule has 3 heterocycles. The Kier molecular flexibility index (Phi) is 3.86. The number of hydrogen-bond donors (Lipinski definition) is 1. The van der Waals surface area contributed by atoms with E-state index in [4.69, 9.17) is 0 Å². The SMILES string of the molecule is Cc1sc2ncnc(SCc3cc(=O)[nH]c4ccccc34)c2c1C. The van der Waals surface area contributed by atoms with Crippen LogP contribution in [-0.4, -0.2) is 15.0 Å². The van der Waals surface area contributed by atoms with E-state index in [1.807, 2.05) is 24.3 Å². The van der Waals surface area contributed by atoms with Crippen molar-refractivity contribution in [1.29, 1.82) is 0 Å². The molecule has 0 bridgehead atoms. The lowest BCUT2D eigenvalue weighted by Gasteiger charge is -2.07. The summed E-state index contributed by atoms with van der Waals surface area (Å²) in [7, 11) is 0. The van der Waals surface area contributed by atoms with Gasteiger partial charge in [0.05, 0.1) is 0 Å². The fourth-order valence-corrected chi connectivity index (χ4v) is 4.91. The number of fused-ring (bicyclic) bond motifs is 2. The largest absolute Gasteiger partial charge is 0.322 e. The predicted molar refractivity (Wildman–Crippen MR) is 101 cm³/mol. The van der Waals surface area contributed by atoms with E-state index in [0.717, 1.165) is 31.7 Å². The van der Waals surface area contributed by atoms with E-state index in [2.05, 4.69) is 28.8 Å². The fourth-order valence-electron chi connectivity index (χ4n) is 2.80. The number of thiophene rings is 1. The van der Waals surface area contributed by atoms with Crippen molar-refractivity contribution in [3.8, 4) is 0 Å². The molecule has 24 heavy (non-hydrogen) atoms. The molecule has 0 atom stereocenters. The van der Waals surface area contributed by atoms with Crippen molar-refractivity contribution in [1.82, 2.24) is 15.0 Å². The summed E-state index contributed by atoms with van der Waals surface area (Å²) < 4.78 is 0. The number of nitrogens with one attached hydrogen (secondary N) is 1. The molecule has 0 amide bonds. The minimum absolute atomic E-state index is 0.0697. The lowest BCUT2D eigenvalue weighted by atomic mass is 10.1. The van der Waals surface area contributed by atoms with E-state index >= 15 is 0 Å². The number of H-pyrrole nitrogens is 1. The maximum Gasteiger partial charge on any atom is 0.248 e. The van der Waals surface area contributed by atoms with Crippen LogP contribution in [0, 0.1) is 13.8 Å². The normalized spacial score (nSPS) is 11.4. The molecule has 0 aliphatic rings. The van der Waals surface area contributed by atoms with Gasteiger partial charge in [-0.3, -0.25) is 4.79 Å². The van der Waals surface area contributed by atoms with Gasteiger partial charge in [0.25, 0.3) is 0 Å². The highest BCUT2D eigenvalue weighted by molar-refractivity contribution is 7.98. The van der Waals surface area contributed by atoms with Crippen molar-refractivity contribution in [2.24, 2.45) is 0 Å². The molecule has 0 unspecified atom stereocenters. The van der Waals surface area contributed by atoms with E-state index in [1.54, 1.807) is 35.5 Å². The molecule has 0 spiro atoms. The monoisotopic (exact) mass is 353 g/mol. The average Bonchev–Trinajstić information content (AvgIpc) is 2.87. The molecule has 4 rings (SSSR count). The van der Waals surface area contributed by atoms with Crippen LogP contribution in [0.3, 0.4) is 0 Å². The van der Waals surface area contributed by atoms with Crippen molar-refractivity contribution >= 4 is 44.2 Å².